The Labute approximate surface area is 128 Å². The normalized spacial score (nSPS) is 12.2. The molecule has 0 unspecified atom stereocenters. The number of thiocarbonyl (C=S) groups is 1. The summed E-state index contributed by atoms with van der Waals surface area (Å²) in [4.78, 5) is 0.392. The van der Waals surface area contributed by atoms with Crippen molar-refractivity contribution >= 4 is 22.9 Å². The summed E-state index contributed by atoms with van der Waals surface area (Å²) in [7, 11) is 0. The largest absolute Gasteiger partial charge is 0.454 e. The quantitative estimate of drug-likeness (QED) is 0.850. The summed E-state index contributed by atoms with van der Waals surface area (Å²) in [6.07, 6.45) is 0. The number of hydrogen-bond acceptors (Lipinski definition) is 4. The van der Waals surface area contributed by atoms with Gasteiger partial charge in [-0.05, 0) is 42.3 Å². The van der Waals surface area contributed by atoms with Crippen LogP contribution in [0, 0.1) is 6.92 Å². The van der Waals surface area contributed by atoms with Gasteiger partial charge in [0.1, 0.15) is 4.99 Å². The molecule has 3 rings (SSSR count). The van der Waals surface area contributed by atoms with Crippen molar-refractivity contribution in [1.82, 2.24) is 0 Å². The molecule has 0 atom stereocenters. The molecule has 1 aliphatic heterocycles. The summed E-state index contributed by atoms with van der Waals surface area (Å²) < 4.78 is 10.7. The van der Waals surface area contributed by atoms with Crippen LogP contribution in [0.3, 0.4) is 0 Å². The van der Waals surface area contributed by atoms with Gasteiger partial charge >= 0.3 is 0 Å². The molecule has 1 aliphatic rings. The summed E-state index contributed by atoms with van der Waals surface area (Å²) in [5.41, 5.74) is 9.83. The van der Waals surface area contributed by atoms with E-state index >= 15 is 0 Å². The number of benzene rings is 2. The van der Waals surface area contributed by atoms with Crippen LogP contribution >= 0.6 is 12.2 Å². The molecule has 0 amide bonds. The van der Waals surface area contributed by atoms with Gasteiger partial charge < -0.3 is 20.5 Å². The fourth-order valence-electron chi connectivity index (χ4n) is 2.27. The monoisotopic (exact) mass is 300 g/mol. The number of anilines is 1. The van der Waals surface area contributed by atoms with Crippen LogP contribution in [0.15, 0.2) is 36.4 Å². The van der Waals surface area contributed by atoms with Crippen molar-refractivity contribution in [3.8, 4) is 11.5 Å². The van der Waals surface area contributed by atoms with Crippen molar-refractivity contribution in [1.29, 1.82) is 0 Å². The van der Waals surface area contributed by atoms with E-state index in [0.29, 0.717) is 11.5 Å². The molecular weight excluding hydrogens is 284 g/mol. The van der Waals surface area contributed by atoms with Crippen molar-refractivity contribution in [3.63, 3.8) is 0 Å². The fraction of sp³-hybridized carbons (Fsp3) is 0.188. The highest BCUT2D eigenvalue weighted by Gasteiger charge is 2.13. The maximum Gasteiger partial charge on any atom is 0.231 e. The molecule has 0 spiro atoms. The van der Waals surface area contributed by atoms with Crippen LogP contribution in [0.1, 0.15) is 16.7 Å². The highest BCUT2D eigenvalue weighted by molar-refractivity contribution is 7.80. The molecule has 21 heavy (non-hydrogen) atoms. The van der Waals surface area contributed by atoms with Crippen molar-refractivity contribution < 1.29 is 9.47 Å². The van der Waals surface area contributed by atoms with Gasteiger partial charge in [0.25, 0.3) is 0 Å². The lowest BCUT2D eigenvalue weighted by Crippen LogP contribution is -2.13. The Kier molecular flexibility index (Phi) is 3.66. The van der Waals surface area contributed by atoms with Gasteiger partial charge in [0.15, 0.2) is 11.5 Å². The average molecular weight is 300 g/mol. The van der Waals surface area contributed by atoms with Crippen LogP contribution in [-0.2, 0) is 6.54 Å². The first-order valence-electron chi connectivity index (χ1n) is 6.66. The second-order valence-electron chi connectivity index (χ2n) is 4.95. The van der Waals surface area contributed by atoms with Crippen molar-refractivity contribution in [2.75, 3.05) is 12.1 Å². The minimum atomic E-state index is 0.287. The molecule has 0 saturated carbocycles. The lowest BCUT2D eigenvalue weighted by atomic mass is 10.1. The first-order chi connectivity index (χ1) is 10.1. The topological polar surface area (TPSA) is 56.5 Å². The van der Waals surface area contributed by atoms with E-state index < -0.39 is 0 Å². The third-order valence-corrected chi connectivity index (χ3v) is 3.58. The summed E-state index contributed by atoms with van der Waals surface area (Å²) in [6, 6.07) is 11.9. The van der Waals surface area contributed by atoms with Crippen LogP contribution in [-0.4, -0.2) is 11.8 Å². The average Bonchev–Trinajstić information content (AvgIpc) is 2.92. The van der Waals surface area contributed by atoms with Crippen molar-refractivity contribution in [2.45, 2.75) is 13.5 Å². The Balaban J connectivity index is 1.78. The number of nitrogens with one attached hydrogen (secondary N) is 1. The second-order valence-corrected chi connectivity index (χ2v) is 5.39. The van der Waals surface area contributed by atoms with Crippen LogP contribution in [0.25, 0.3) is 0 Å². The Bertz CT molecular complexity index is 701. The molecule has 0 saturated heterocycles. The van der Waals surface area contributed by atoms with E-state index in [1.807, 2.05) is 43.3 Å². The Hall–Kier alpha value is -2.27. The minimum absolute atomic E-state index is 0.287. The van der Waals surface area contributed by atoms with Crippen LogP contribution in [0.4, 0.5) is 5.69 Å². The van der Waals surface area contributed by atoms with Crippen molar-refractivity contribution in [3.05, 3.63) is 53.1 Å². The Morgan fingerprint density at radius 3 is 2.81 bits per heavy atom. The van der Waals surface area contributed by atoms with E-state index in [-0.39, 0.29) is 6.79 Å². The van der Waals surface area contributed by atoms with Gasteiger partial charge in [0.2, 0.25) is 6.79 Å². The first kappa shape index (κ1) is 13.7. The zero-order chi connectivity index (χ0) is 14.8. The van der Waals surface area contributed by atoms with Gasteiger partial charge in [-0.1, -0.05) is 24.4 Å². The summed E-state index contributed by atoms with van der Waals surface area (Å²) in [5, 5.41) is 3.38. The molecule has 0 aliphatic carbocycles. The van der Waals surface area contributed by atoms with Gasteiger partial charge in [0, 0.05) is 17.8 Å². The predicted octanol–water partition coefficient (Wildman–Crippen LogP) is 2.97. The maximum atomic E-state index is 5.76. The number of ether oxygens (including phenoxy) is 2. The molecule has 3 N–H and O–H groups in total. The molecule has 4 nitrogen and oxygen atoms in total. The molecule has 2 aromatic carbocycles. The molecular formula is C16H16N2O2S. The number of nitrogens with two attached hydrogens (primary N) is 1. The molecule has 0 aromatic heterocycles. The molecule has 0 fully saturated rings. The van der Waals surface area contributed by atoms with E-state index in [4.69, 9.17) is 27.4 Å². The highest BCUT2D eigenvalue weighted by atomic mass is 32.1. The van der Waals surface area contributed by atoms with E-state index in [0.717, 1.165) is 33.9 Å². The van der Waals surface area contributed by atoms with Gasteiger partial charge in [-0.15, -0.1) is 0 Å². The Morgan fingerprint density at radius 2 is 2.00 bits per heavy atom. The third kappa shape index (κ3) is 2.92. The SMILES string of the molecule is Cc1ccc(C(N)=S)c(NCc2ccc3c(c2)OCO3)c1. The van der Waals surface area contributed by atoms with Gasteiger partial charge in [-0.3, -0.25) is 0 Å². The molecule has 0 radical (unpaired) electrons. The lowest BCUT2D eigenvalue weighted by Gasteiger charge is -2.12. The smallest absolute Gasteiger partial charge is 0.231 e. The minimum Gasteiger partial charge on any atom is -0.454 e. The molecule has 2 aromatic rings. The first-order valence-corrected chi connectivity index (χ1v) is 7.07. The van der Waals surface area contributed by atoms with Gasteiger partial charge in [-0.2, -0.15) is 0 Å². The zero-order valence-electron chi connectivity index (χ0n) is 11.7. The summed E-state index contributed by atoms with van der Waals surface area (Å²) in [6.45, 7) is 2.99. The third-order valence-electron chi connectivity index (χ3n) is 3.36. The summed E-state index contributed by atoms with van der Waals surface area (Å²) in [5.74, 6) is 1.58. The zero-order valence-corrected chi connectivity index (χ0v) is 12.5. The van der Waals surface area contributed by atoms with Gasteiger partial charge in [-0.25, -0.2) is 0 Å². The van der Waals surface area contributed by atoms with Crippen molar-refractivity contribution in [2.24, 2.45) is 5.73 Å². The molecule has 1 heterocycles. The number of aryl methyl sites for hydroxylation is 1. The number of rotatable bonds is 4. The second kappa shape index (κ2) is 5.61. The lowest BCUT2D eigenvalue weighted by molar-refractivity contribution is 0.174. The maximum absolute atomic E-state index is 5.76. The van der Waals surface area contributed by atoms with Crippen LogP contribution in [0.5, 0.6) is 11.5 Å². The van der Waals surface area contributed by atoms with Crippen LogP contribution < -0.4 is 20.5 Å². The Morgan fingerprint density at radius 1 is 1.19 bits per heavy atom. The summed E-state index contributed by atoms with van der Waals surface area (Å²) >= 11 is 5.09. The van der Waals surface area contributed by atoms with Crippen LogP contribution in [0.2, 0.25) is 0 Å². The number of fused-ring (bicyclic) bond motifs is 1. The van der Waals surface area contributed by atoms with E-state index in [2.05, 4.69) is 5.32 Å². The number of hydrogen-bond donors (Lipinski definition) is 2. The highest BCUT2D eigenvalue weighted by Crippen LogP contribution is 2.32. The fourth-order valence-corrected chi connectivity index (χ4v) is 2.45. The molecule has 0 bridgehead atoms. The molecule has 5 heteroatoms. The van der Waals surface area contributed by atoms with E-state index in [1.165, 1.54) is 0 Å². The van der Waals surface area contributed by atoms with Gasteiger partial charge in [0.05, 0.1) is 0 Å². The standard InChI is InChI=1S/C16H16N2O2S/c1-10-2-4-12(16(17)21)13(6-10)18-8-11-3-5-14-15(7-11)20-9-19-14/h2-7,18H,8-9H2,1H3,(H2,17,21). The van der Waals surface area contributed by atoms with E-state index in [9.17, 15) is 0 Å². The van der Waals surface area contributed by atoms with E-state index in [1.54, 1.807) is 0 Å². The molecule has 108 valence electrons. The predicted molar refractivity (Wildman–Crippen MR) is 87.0 cm³/mol.